The van der Waals surface area contributed by atoms with Gasteiger partial charge in [0.05, 0.1) is 15.6 Å². The minimum atomic E-state index is -3.66. The number of aryl methyl sites for hydroxylation is 1. The molecule has 1 saturated heterocycles. The number of aromatic nitrogens is 1. The van der Waals surface area contributed by atoms with Crippen molar-refractivity contribution in [2.45, 2.75) is 63.3 Å². The van der Waals surface area contributed by atoms with Gasteiger partial charge in [-0.3, -0.25) is 4.79 Å². The number of halogens is 1. The molecule has 0 spiro atoms. The second-order valence-corrected chi connectivity index (χ2v) is 11.3. The fourth-order valence-corrected chi connectivity index (χ4v) is 6.61. The average molecular weight is 502 g/mol. The Hall–Kier alpha value is -2.35. The second-order valence-electron chi connectivity index (χ2n) is 9.00. The van der Waals surface area contributed by atoms with Crippen molar-refractivity contribution in [3.05, 3.63) is 59.2 Å². The van der Waals surface area contributed by atoms with Crippen LogP contribution in [0.1, 0.15) is 57.4 Å². The fourth-order valence-electron chi connectivity index (χ4n) is 4.82. The first-order valence-electron chi connectivity index (χ1n) is 12.0. The van der Waals surface area contributed by atoms with Crippen molar-refractivity contribution >= 4 is 44.1 Å². The van der Waals surface area contributed by atoms with Crippen molar-refractivity contribution in [3.63, 3.8) is 0 Å². The van der Waals surface area contributed by atoms with E-state index in [1.165, 1.54) is 54.4 Å². The topological polar surface area (TPSA) is 71.4 Å². The molecule has 0 radical (unpaired) electrons. The van der Waals surface area contributed by atoms with Gasteiger partial charge in [0.25, 0.3) is 0 Å². The Morgan fingerprint density at radius 1 is 1.12 bits per heavy atom. The lowest BCUT2D eigenvalue weighted by Gasteiger charge is -2.31. The molecule has 8 heteroatoms. The van der Waals surface area contributed by atoms with E-state index < -0.39 is 10.0 Å². The van der Waals surface area contributed by atoms with Crippen LogP contribution in [-0.2, 0) is 21.4 Å². The summed E-state index contributed by atoms with van der Waals surface area (Å²) < 4.78 is 30.4. The van der Waals surface area contributed by atoms with Crippen molar-refractivity contribution in [2.75, 3.05) is 18.4 Å². The number of unbranched alkanes of at least 4 members (excludes halogenated alkanes) is 2. The van der Waals surface area contributed by atoms with E-state index in [-0.39, 0.29) is 15.8 Å². The average Bonchev–Trinajstić information content (AvgIpc) is 3.19. The molecule has 34 heavy (non-hydrogen) atoms. The second kappa shape index (κ2) is 10.5. The molecule has 4 rings (SSSR count). The molecule has 1 fully saturated rings. The monoisotopic (exact) mass is 501 g/mol. The van der Waals surface area contributed by atoms with Gasteiger partial charge in [-0.1, -0.05) is 49.6 Å². The van der Waals surface area contributed by atoms with E-state index >= 15 is 0 Å². The third kappa shape index (κ3) is 5.16. The number of para-hydroxylation sites is 1. The van der Waals surface area contributed by atoms with Gasteiger partial charge >= 0.3 is 0 Å². The molecule has 2 aromatic carbocycles. The van der Waals surface area contributed by atoms with E-state index in [2.05, 4.69) is 47.3 Å². The lowest BCUT2D eigenvalue weighted by molar-refractivity contribution is -0.114. The number of nitrogens with one attached hydrogen (secondary N) is 1. The minimum Gasteiger partial charge on any atom is -0.347 e. The van der Waals surface area contributed by atoms with Crippen LogP contribution in [0.25, 0.3) is 10.9 Å². The summed E-state index contributed by atoms with van der Waals surface area (Å²) in [7, 11) is -3.66. The Morgan fingerprint density at radius 3 is 2.53 bits per heavy atom. The molecule has 1 aliphatic heterocycles. The van der Waals surface area contributed by atoms with Crippen LogP contribution >= 0.6 is 11.6 Å². The number of anilines is 1. The molecule has 1 aliphatic rings. The van der Waals surface area contributed by atoms with E-state index in [1.807, 2.05) is 0 Å². The van der Waals surface area contributed by atoms with Crippen molar-refractivity contribution in [3.8, 4) is 0 Å². The zero-order valence-corrected chi connectivity index (χ0v) is 21.3. The summed E-state index contributed by atoms with van der Waals surface area (Å²) in [5, 5.41) is 4.10. The number of carbonyl (C=O) groups is 1. The molecule has 1 aromatic heterocycles. The van der Waals surface area contributed by atoms with Crippen LogP contribution in [-0.4, -0.2) is 36.3 Å². The van der Waals surface area contributed by atoms with Crippen LogP contribution in [0.4, 0.5) is 5.69 Å². The highest BCUT2D eigenvalue weighted by Crippen LogP contribution is 2.36. The van der Waals surface area contributed by atoms with Gasteiger partial charge in [0, 0.05) is 43.7 Å². The van der Waals surface area contributed by atoms with E-state index in [1.54, 1.807) is 4.31 Å². The highest BCUT2D eigenvalue weighted by molar-refractivity contribution is 7.89. The van der Waals surface area contributed by atoms with Gasteiger partial charge in [-0.2, -0.15) is 4.31 Å². The Balaban J connectivity index is 1.50. The SMILES string of the molecule is CCCCCn1cc(C2CCN(S(=O)(=O)c3ccc(NC(C)=O)c(Cl)c3)CC2)c2ccccc21. The zero-order chi connectivity index (χ0) is 24.3. The largest absolute Gasteiger partial charge is 0.347 e. The van der Waals surface area contributed by atoms with E-state index in [4.69, 9.17) is 11.6 Å². The predicted octanol–water partition coefficient (Wildman–Crippen LogP) is 6.01. The minimum absolute atomic E-state index is 0.151. The lowest BCUT2D eigenvalue weighted by Crippen LogP contribution is -2.37. The summed E-state index contributed by atoms with van der Waals surface area (Å²) in [6.07, 6.45) is 7.41. The standard InChI is InChI=1S/C26H32ClN3O3S/c1-3-4-7-14-29-18-23(22-8-5-6-9-26(22)29)20-12-15-30(16-13-20)34(32,33)21-10-11-25(24(27)17-21)28-19(2)31/h5-6,8-11,17-18,20H,3-4,7,12-16H2,1-2H3,(H,28,31). The molecule has 0 bridgehead atoms. The maximum absolute atomic E-state index is 13.3. The number of nitrogens with zero attached hydrogens (tertiary/aromatic N) is 2. The maximum atomic E-state index is 13.3. The highest BCUT2D eigenvalue weighted by Gasteiger charge is 2.31. The molecule has 6 nitrogen and oxygen atoms in total. The normalized spacial score (nSPS) is 15.6. The Kier molecular flexibility index (Phi) is 7.65. The van der Waals surface area contributed by atoms with Gasteiger partial charge in [-0.25, -0.2) is 8.42 Å². The van der Waals surface area contributed by atoms with Crippen molar-refractivity contribution in [1.82, 2.24) is 8.87 Å². The summed E-state index contributed by atoms with van der Waals surface area (Å²) in [5.74, 6) is 0.0702. The number of benzene rings is 2. The Morgan fingerprint density at radius 2 is 1.85 bits per heavy atom. The van der Waals surface area contributed by atoms with Crippen molar-refractivity contribution in [1.29, 1.82) is 0 Å². The Labute approximate surface area is 206 Å². The fraction of sp³-hybridized carbons (Fsp3) is 0.423. The molecule has 1 amide bonds. The Bertz CT molecular complexity index is 1280. The summed E-state index contributed by atoms with van der Waals surface area (Å²) >= 11 is 6.22. The number of sulfonamides is 1. The van der Waals surface area contributed by atoms with Gasteiger partial charge in [0.15, 0.2) is 0 Å². The van der Waals surface area contributed by atoms with Crippen LogP contribution in [0.2, 0.25) is 5.02 Å². The third-order valence-corrected chi connectivity index (χ3v) is 8.81. The van der Waals surface area contributed by atoms with Crippen molar-refractivity contribution < 1.29 is 13.2 Å². The zero-order valence-electron chi connectivity index (χ0n) is 19.8. The molecule has 2 heterocycles. The van der Waals surface area contributed by atoms with Gasteiger partial charge in [-0.15, -0.1) is 0 Å². The van der Waals surface area contributed by atoms with Gasteiger partial charge in [0.2, 0.25) is 15.9 Å². The number of fused-ring (bicyclic) bond motifs is 1. The van der Waals surface area contributed by atoms with E-state index in [0.29, 0.717) is 24.7 Å². The molecule has 0 saturated carbocycles. The number of piperidine rings is 1. The predicted molar refractivity (Wildman–Crippen MR) is 138 cm³/mol. The van der Waals surface area contributed by atoms with Crippen LogP contribution in [0.3, 0.4) is 0 Å². The van der Waals surface area contributed by atoms with Crippen molar-refractivity contribution in [2.24, 2.45) is 0 Å². The number of amides is 1. The first-order valence-corrected chi connectivity index (χ1v) is 13.8. The molecule has 0 aliphatic carbocycles. The van der Waals surface area contributed by atoms with Gasteiger partial charge in [-0.05, 0) is 55.0 Å². The third-order valence-electron chi connectivity index (χ3n) is 6.60. The van der Waals surface area contributed by atoms with Crippen LogP contribution < -0.4 is 5.32 Å². The molecule has 0 atom stereocenters. The summed E-state index contributed by atoms with van der Waals surface area (Å²) in [6, 6.07) is 13.0. The molecule has 3 aromatic rings. The summed E-state index contributed by atoms with van der Waals surface area (Å²) in [5.41, 5.74) is 2.99. The molecular weight excluding hydrogens is 470 g/mol. The molecule has 1 N–H and O–H groups in total. The van der Waals surface area contributed by atoms with Gasteiger partial charge in [0.1, 0.15) is 0 Å². The van der Waals surface area contributed by atoms with Crippen LogP contribution in [0.15, 0.2) is 53.6 Å². The number of rotatable bonds is 8. The summed E-state index contributed by atoms with van der Waals surface area (Å²) in [4.78, 5) is 11.4. The molecular formula is C26H32ClN3O3S. The first kappa shape index (κ1) is 24.8. The van der Waals surface area contributed by atoms with Crippen LogP contribution in [0, 0.1) is 0 Å². The molecule has 182 valence electrons. The quantitative estimate of drug-likeness (QED) is 0.384. The summed E-state index contributed by atoms with van der Waals surface area (Å²) in [6.45, 7) is 5.54. The smallest absolute Gasteiger partial charge is 0.243 e. The van der Waals surface area contributed by atoms with E-state index in [0.717, 1.165) is 25.8 Å². The maximum Gasteiger partial charge on any atom is 0.243 e. The number of hydrogen-bond acceptors (Lipinski definition) is 3. The first-order chi connectivity index (χ1) is 16.3. The van der Waals surface area contributed by atoms with Gasteiger partial charge < -0.3 is 9.88 Å². The number of carbonyl (C=O) groups excluding carboxylic acids is 1. The van der Waals surface area contributed by atoms with E-state index in [9.17, 15) is 13.2 Å². The molecule has 0 unspecified atom stereocenters. The highest BCUT2D eigenvalue weighted by atomic mass is 35.5. The number of hydrogen-bond donors (Lipinski definition) is 1. The lowest BCUT2D eigenvalue weighted by atomic mass is 9.90. The van der Waals surface area contributed by atoms with Crippen LogP contribution in [0.5, 0.6) is 0 Å².